The van der Waals surface area contributed by atoms with E-state index in [0.29, 0.717) is 0 Å². The normalized spacial score (nSPS) is 8.36. The predicted molar refractivity (Wildman–Crippen MR) is 44.7 cm³/mol. The fraction of sp³-hybridized carbons (Fsp3) is 0.800. The quantitative estimate of drug-likeness (QED) is 0.178. The molecule has 0 aromatic heterocycles. The molecule has 0 heterocycles. The van der Waals surface area contributed by atoms with E-state index in [9.17, 15) is 0 Å². The van der Waals surface area contributed by atoms with Crippen molar-refractivity contribution in [2.45, 2.75) is 13.8 Å². The zero-order chi connectivity index (χ0) is 9.28. The number of hydrogen-bond donors (Lipinski definition) is 4. The van der Waals surface area contributed by atoms with Gasteiger partial charge in [-0.15, -0.1) is 5.10 Å². The minimum absolute atomic E-state index is 0.0926. The van der Waals surface area contributed by atoms with Gasteiger partial charge in [-0.2, -0.15) is 5.06 Å². The van der Waals surface area contributed by atoms with Gasteiger partial charge in [0.25, 0.3) is 0 Å². The third-order valence-corrected chi connectivity index (χ3v) is 0.879. The van der Waals surface area contributed by atoms with Gasteiger partial charge < -0.3 is 22.5 Å². The van der Waals surface area contributed by atoms with E-state index in [1.807, 2.05) is 13.8 Å². The minimum atomic E-state index is -0.0926. The van der Waals surface area contributed by atoms with Crippen molar-refractivity contribution in [1.29, 1.82) is 0 Å². The van der Waals surface area contributed by atoms with Gasteiger partial charge in [0.05, 0.1) is 0 Å². The van der Waals surface area contributed by atoms with Crippen molar-refractivity contribution in [1.82, 2.24) is 5.06 Å². The Morgan fingerprint density at radius 2 is 1.64 bits per heavy atom. The average molecular weight is 163 g/mol. The molecule has 0 aromatic rings. The van der Waals surface area contributed by atoms with Gasteiger partial charge in [-0.05, 0) is 0 Å². The van der Waals surface area contributed by atoms with E-state index in [1.165, 1.54) is 5.06 Å². The van der Waals surface area contributed by atoms with Crippen LogP contribution in [0.5, 0.6) is 0 Å². The van der Waals surface area contributed by atoms with Crippen LogP contribution in [0.15, 0.2) is 5.10 Å². The maximum Gasteiger partial charge on any atom is 0.208 e. The third kappa shape index (κ3) is 17.6. The molecule has 0 unspecified atom stereocenters. The summed E-state index contributed by atoms with van der Waals surface area (Å²) in [5.41, 5.74) is 9.39. The first-order chi connectivity index (χ1) is 5.08. The molecule has 68 valence electrons. The Hall–Kier alpha value is -1.01. The maximum absolute atomic E-state index is 8.50. The van der Waals surface area contributed by atoms with Crippen LogP contribution >= 0.6 is 0 Å². The second-order valence-corrected chi connectivity index (χ2v) is 1.69. The van der Waals surface area contributed by atoms with Crippen LogP contribution < -0.4 is 17.3 Å². The summed E-state index contributed by atoms with van der Waals surface area (Å²) in [6, 6.07) is 0. The van der Waals surface area contributed by atoms with E-state index in [2.05, 4.69) is 10.9 Å². The lowest BCUT2D eigenvalue weighted by Crippen LogP contribution is -2.23. The lowest BCUT2D eigenvalue weighted by molar-refractivity contribution is -0.0813. The Morgan fingerprint density at radius 1 is 1.36 bits per heavy atom. The molecule has 0 rings (SSSR count). The smallest absolute Gasteiger partial charge is 0.208 e. The lowest BCUT2D eigenvalue weighted by atomic mass is 10.6. The van der Waals surface area contributed by atoms with E-state index >= 15 is 0 Å². The fourth-order valence-electron chi connectivity index (χ4n) is 0.224. The Kier molecular flexibility index (Phi) is 10.3. The molecule has 0 bridgehead atoms. The maximum atomic E-state index is 8.50. The third-order valence-electron chi connectivity index (χ3n) is 0.879. The first-order valence-electron chi connectivity index (χ1n) is 3.31. The van der Waals surface area contributed by atoms with Crippen molar-refractivity contribution in [3.63, 3.8) is 0 Å². The summed E-state index contributed by atoms with van der Waals surface area (Å²) >= 11 is 0. The van der Waals surface area contributed by atoms with Crippen molar-refractivity contribution < 1.29 is 5.21 Å². The molecule has 11 heavy (non-hydrogen) atoms. The highest BCUT2D eigenvalue weighted by Gasteiger charge is 1.84. The van der Waals surface area contributed by atoms with Crippen molar-refractivity contribution >= 4 is 5.96 Å². The molecule has 0 fully saturated rings. The number of rotatable bonds is 2. The molecule has 0 radical (unpaired) electrons. The summed E-state index contributed by atoms with van der Waals surface area (Å²) < 4.78 is 0. The topological polar surface area (TPSA) is 114 Å². The molecule has 0 aliphatic carbocycles. The van der Waals surface area contributed by atoms with Gasteiger partial charge in [0.15, 0.2) is 0 Å². The first-order valence-corrected chi connectivity index (χ1v) is 3.31. The molecule has 0 saturated carbocycles. The van der Waals surface area contributed by atoms with Crippen molar-refractivity contribution in [2.24, 2.45) is 22.4 Å². The summed E-state index contributed by atoms with van der Waals surface area (Å²) in [6.07, 6.45) is 0. The van der Waals surface area contributed by atoms with E-state index in [-0.39, 0.29) is 5.96 Å². The van der Waals surface area contributed by atoms with E-state index in [1.54, 1.807) is 0 Å². The van der Waals surface area contributed by atoms with Crippen molar-refractivity contribution in [2.75, 3.05) is 13.1 Å². The van der Waals surface area contributed by atoms with Gasteiger partial charge in [-0.25, -0.2) is 0 Å². The molecule has 0 saturated heterocycles. The van der Waals surface area contributed by atoms with Crippen LogP contribution in [-0.4, -0.2) is 29.3 Å². The van der Waals surface area contributed by atoms with Crippen LogP contribution in [0, 0.1) is 0 Å². The number of nitrogens with two attached hydrogens (primary N) is 3. The molecule has 6 heteroatoms. The fourth-order valence-corrected chi connectivity index (χ4v) is 0.224. The summed E-state index contributed by atoms with van der Waals surface area (Å²) in [5, 5.41) is 12.6. The molecule has 0 aliphatic rings. The summed E-state index contributed by atoms with van der Waals surface area (Å²) in [7, 11) is 0. The SMILES string of the molecule is CCN(O)CC.NN=C(N)N. The van der Waals surface area contributed by atoms with Crippen LogP contribution in [0.1, 0.15) is 13.8 Å². The van der Waals surface area contributed by atoms with Crippen LogP contribution in [0.25, 0.3) is 0 Å². The highest BCUT2D eigenvalue weighted by atomic mass is 16.5. The van der Waals surface area contributed by atoms with Crippen molar-refractivity contribution in [3.05, 3.63) is 0 Å². The van der Waals surface area contributed by atoms with Gasteiger partial charge in [0.2, 0.25) is 5.96 Å². The number of hydrazone groups is 1. The molecule has 0 aromatic carbocycles. The van der Waals surface area contributed by atoms with Crippen LogP contribution in [0.2, 0.25) is 0 Å². The average Bonchev–Trinajstić information content (AvgIpc) is 2.04. The molecular weight excluding hydrogens is 146 g/mol. The number of hydroxylamine groups is 2. The van der Waals surface area contributed by atoms with Gasteiger partial charge in [0.1, 0.15) is 0 Å². The van der Waals surface area contributed by atoms with Gasteiger partial charge in [-0.1, -0.05) is 13.8 Å². The molecule has 6 nitrogen and oxygen atoms in total. The van der Waals surface area contributed by atoms with Crippen LogP contribution in [-0.2, 0) is 0 Å². The Morgan fingerprint density at radius 3 is 1.64 bits per heavy atom. The van der Waals surface area contributed by atoms with Crippen molar-refractivity contribution in [3.8, 4) is 0 Å². The second kappa shape index (κ2) is 8.99. The highest BCUT2D eigenvalue weighted by molar-refractivity contribution is 5.75. The van der Waals surface area contributed by atoms with Crippen LogP contribution in [0.4, 0.5) is 0 Å². The zero-order valence-corrected chi connectivity index (χ0v) is 6.99. The van der Waals surface area contributed by atoms with E-state index in [4.69, 9.17) is 16.7 Å². The molecule has 7 N–H and O–H groups in total. The number of guanidine groups is 1. The highest BCUT2D eigenvalue weighted by Crippen LogP contribution is 1.73. The predicted octanol–water partition coefficient (Wildman–Crippen LogP) is -1.15. The van der Waals surface area contributed by atoms with Gasteiger partial charge >= 0.3 is 0 Å². The summed E-state index contributed by atoms with van der Waals surface area (Å²) in [6.45, 7) is 5.25. The zero-order valence-electron chi connectivity index (χ0n) is 6.99. The van der Waals surface area contributed by atoms with Gasteiger partial charge in [0, 0.05) is 13.1 Å². The number of nitrogens with zero attached hydrogens (tertiary/aromatic N) is 2. The second-order valence-electron chi connectivity index (χ2n) is 1.69. The molecular formula is C5H17N5O. The minimum Gasteiger partial charge on any atom is -0.369 e. The van der Waals surface area contributed by atoms with E-state index < -0.39 is 0 Å². The number of hydrogen-bond acceptors (Lipinski definition) is 4. The summed E-state index contributed by atoms with van der Waals surface area (Å²) in [4.78, 5) is 0. The summed E-state index contributed by atoms with van der Waals surface area (Å²) in [5.74, 6) is 4.42. The molecule has 0 atom stereocenters. The van der Waals surface area contributed by atoms with E-state index in [0.717, 1.165) is 13.1 Å². The van der Waals surface area contributed by atoms with Gasteiger partial charge in [-0.3, -0.25) is 0 Å². The Balaban J connectivity index is 0. The first kappa shape index (κ1) is 12.6. The monoisotopic (exact) mass is 163 g/mol. The Labute approximate surface area is 66.6 Å². The molecule has 0 amide bonds. The molecule has 0 aliphatic heterocycles. The Bertz CT molecular complexity index is 97.0. The largest absolute Gasteiger partial charge is 0.369 e. The molecule has 0 spiro atoms. The van der Waals surface area contributed by atoms with Crippen LogP contribution in [0.3, 0.4) is 0 Å². The lowest BCUT2D eigenvalue weighted by Gasteiger charge is -2.05. The standard InChI is InChI=1S/C4H11NO.CH6N4/c1-3-5(6)4-2;2-1(3)5-4/h6H,3-4H2,1-2H3;4H2,(H4,2,3,5).